The molecule has 2 saturated heterocycles. The van der Waals surface area contributed by atoms with E-state index in [0.717, 1.165) is 25.2 Å². The molecule has 0 aromatic carbocycles. The molecule has 0 saturated carbocycles. The molecule has 3 rings (SSSR count). The standard InChI is InChI=1S/C16H24N4O3/c1-3-23-14-10-12(2)17-16(18-14)20-7-5-19(6-8-20)15(21)13-4-9-22-11-13/h10,13H,3-9,11H2,1-2H3. The van der Waals surface area contributed by atoms with E-state index in [2.05, 4.69) is 14.9 Å². The van der Waals surface area contributed by atoms with E-state index in [-0.39, 0.29) is 11.8 Å². The molecule has 7 heteroatoms. The van der Waals surface area contributed by atoms with E-state index in [4.69, 9.17) is 9.47 Å². The molecule has 0 aliphatic carbocycles. The zero-order valence-corrected chi connectivity index (χ0v) is 13.8. The van der Waals surface area contributed by atoms with Crippen LogP contribution in [0.15, 0.2) is 6.07 Å². The maximum absolute atomic E-state index is 12.4. The lowest BCUT2D eigenvalue weighted by Crippen LogP contribution is -2.51. The molecule has 1 aromatic rings. The second-order valence-corrected chi connectivity index (χ2v) is 5.95. The van der Waals surface area contributed by atoms with Crippen molar-refractivity contribution in [2.24, 2.45) is 5.92 Å². The number of nitrogens with zero attached hydrogens (tertiary/aromatic N) is 4. The number of piperazine rings is 1. The minimum Gasteiger partial charge on any atom is -0.478 e. The van der Waals surface area contributed by atoms with Gasteiger partial charge in [-0.25, -0.2) is 4.98 Å². The summed E-state index contributed by atoms with van der Waals surface area (Å²) in [4.78, 5) is 25.4. The Balaban J connectivity index is 1.61. The molecule has 2 aliphatic heterocycles. The van der Waals surface area contributed by atoms with Gasteiger partial charge in [-0.05, 0) is 20.3 Å². The van der Waals surface area contributed by atoms with Crippen molar-refractivity contribution >= 4 is 11.9 Å². The highest BCUT2D eigenvalue weighted by Crippen LogP contribution is 2.20. The molecule has 1 atom stereocenters. The summed E-state index contributed by atoms with van der Waals surface area (Å²) in [6.07, 6.45) is 0.845. The fraction of sp³-hybridized carbons (Fsp3) is 0.688. The summed E-state index contributed by atoms with van der Waals surface area (Å²) in [6, 6.07) is 1.84. The number of rotatable bonds is 4. The molecule has 126 valence electrons. The van der Waals surface area contributed by atoms with Crippen LogP contribution in [0.3, 0.4) is 0 Å². The molecule has 7 nitrogen and oxygen atoms in total. The Morgan fingerprint density at radius 2 is 2.13 bits per heavy atom. The van der Waals surface area contributed by atoms with Crippen LogP contribution < -0.4 is 9.64 Å². The van der Waals surface area contributed by atoms with Crippen molar-refractivity contribution in [3.05, 3.63) is 11.8 Å². The van der Waals surface area contributed by atoms with E-state index >= 15 is 0 Å². The smallest absolute Gasteiger partial charge is 0.228 e. The average molecular weight is 320 g/mol. The van der Waals surface area contributed by atoms with Crippen LogP contribution in [0, 0.1) is 12.8 Å². The van der Waals surface area contributed by atoms with Gasteiger partial charge in [-0.1, -0.05) is 0 Å². The van der Waals surface area contributed by atoms with Crippen molar-refractivity contribution in [1.82, 2.24) is 14.9 Å². The predicted octanol–water partition coefficient (Wildman–Crippen LogP) is 0.869. The SMILES string of the molecule is CCOc1cc(C)nc(N2CCN(C(=O)C3CCOC3)CC2)n1. The summed E-state index contributed by atoms with van der Waals surface area (Å²) in [7, 11) is 0. The molecular weight excluding hydrogens is 296 g/mol. The first-order chi connectivity index (χ1) is 11.2. The van der Waals surface area contributed by atoms with Gasteiger partial charge >= 0.3 is 0 Å². The molecule has 3 heterocycles. The van der Waals surface area contributed by atoms with E-state index in [0.29, 0.717) is 44.7 Å². The average Bonchev–Trinajstić information content (AvgIpc) is 3.08. The minimum absolute atomic E-state index is 0.0429. The van der Waals surface area contributed by atoms with Gasteiger partial charge in [0, 0.05) is 44.5 Å². The first-order valence-corrected chi connectivity index (χ1v) is 8.27. The van der Waals surface area contributed by atoms with Gasteiger partial charge in [-0.15, -0.1) is 0 Å². The lowest BCUT2D eigenvalue weighted by Gasteiger charge is -2.35. The number of aryl methyl sites for hydroxylation is 1. The van der Waals surface area contributed by atoms with Crippen molar-refractivity contribution in [3.63, 3.8) is 0 Å². The number of carbonyl (C=O) groups is 1. The summed E-state index contributed by atoms with van der Waals surface area (Å²) in [5.41, 5.74) is 0.889. The highest BCUT2D eigenvalue weighted by Gasteiger charge is 2.30. The number of amides is 1. The summed E-state index contributed by atoms with van der Waals surface area (Å²) >= 11 is 0. The zero-order valence-electron chi connectivity index (χ0n) is 13.8. The summed E-state index contributed by atoms with van der Waals surface area (Å²) in [6.45, 7) is 8.63. The van der Waals surface area contributed by atoms with Gasteiger partial charge in [0.2, 0.25) is 17.7 Å². The predicted molar refractivity (Wildman–Crippen MR) is 85.7 cm³/mol. The maximum atomic E-state index is 12.4. The van der Waals surface area contributed by atoms with Crippen molar-refractivity contribution in [1.29, 1.82) is 0 Å². The molecule has 1 amide bonds. The van der Waals surface area contributed by atoms with Gasteiger partial charge in [0.05, 0.1) is 19.1 Å². The normalized spacial score (nSPS) is 21.6. The summed E-state index contributed by atoms with van der Waals surface area (Å²) < 4.78 is 10.8. The third-order valence-electron chi connectivity index (χ3n) is 4.26. The van der Waals surface area contributed by atoms with Gasteiger partial charge in [0.1, 0.15) is 0 Å². The number of hydrogen-bond acceptors (Lipinski definition) is 6. The van der Waals surface area contributed by atoms with Crippen LogP contribution in [-0.4, -0.2) is 66.8 Å². The zero-order chi connectivity index (χ0) is 16.2. The lowest BCUT2D eigenvalue weighted by molar-refractivity contribution is -0.135. The highest BCUT2D eigenvalue weighted by atomic mass is 16.5. The molecule has 2 fully saturated rings. The monoisotopic (exact) mass is 320 g/mol. The summed E-state index contributed by atoms with van der Waals surface area (Å²) in [5, 5.41) is 0. The second kappa shape index (κ2) is 7.12. The molecule has 1 aromatic heterocycles. The van der Waals surface area contributed by atoms with E-state index in [1.807, 2.05) is 24.8 Å². The minimum atomic E-state index is 0.0429. The van der Waals surface area contributed by atoms with E-state index in [1.54, 1.807) is 0 Å². The second-order valence-electron chi connectivity index (χ2n) is 5.95. The molecule has 23 heavy (non-hydrogen) atoms. The molecule has 0 spiro atoms. The third-order valence-corrected chi connectivity index (χ3v) is 4.26. The van der Waals surface area contributed by atoms with Crippen LogP contribution in [0.2, 0.25) is 0 Å². The van der Waals surface area contributed by atoms with Crippen molar-refractivity contribution < 1.29 is 14.3 Å². The van der Waals surface area contributed by atoms with Crippen molar-refractivity contribution in [3.8, 4) is 5.88 Å². The number of anilines is 1. The fourth-order valence-corrected chi connectivity index (χ4v) is 3.00. The van der Waals surface area contributed by atoms with Crippen LogP contribution in [0.1, 0.15) is 19.0 Å². The van der Waals surface area contributed by atoms with Gasteiger partial charge in [0.15, 0.2) is 0 Å². The Labute approximate surface area is 136 Å². The number of aromatic nitrogens is 2. The quantitative estimate of drug-likeness (QED) is 0.820. The van der Waals surface area contributed by atoms with Gasteiger partial charge in [-0.2, -0.15) is 4.98 Å². The maximum Gasteiger partial charge on any atom is 0.228 e. The number of ether oxygens (including phenoxy) is 2. The number of carbonyl (C=O) groups excluding carboxylic acids is 1. The molecule has 0 bridgehead atoms. The van der Waals surface area contributed by atoms with Gasteiger partial charge in [0.25, 0.3) is 0 Å². The molecule has 2 aliphatic rings. The van der Waals surface area contributed by atoms with Crippen LogP contribution in [0.25, 0.3) is 0 Å². The van der Waals surface area contributed by atoms with Crippen molar-refractivity contribution in [2.75, 3.05) is 50.9 Å². The molecule has 1 unspecified atom stereocenters. The lowest BCUT2D eigenvalue weighted by atomic mass is 10.1. The largest absolute Gasteiger partial charge is 0.478 e. The van der Waals surface area contributed by atoms with Gasteiger partial charge < -0.3 is 19.3 Å². The third kappa shape index (κ3) is 3.72. The van der Waals surface area contributed by atoms with Gasteiger partial charge in [-0.3, -0.25) is 4.79 Å². The van der Waals surface area contributed by atoms with Crippen LogP contribution >= 0.6 is 0 Å². The molecule has 0 N–H and O–H groups in total. The van der Waals surface area contributed by atoms with Crippen LogP contribution in [0.5, 0.6) is 5.88 Å². The van der Waals surface area contributed by atoms with Crippen LogP contribution in [0.4, 0.5) is 5.95 Å². The summed E-state index contributed by atoms with van der Waals surface area (Å²) in [5.74, 6) is 1.56. The fourth-order valence-electron chi connectivity index (χ4n) is 3.00. The Morgan fingerprint density at radius 1 is 1.35 bits per heavy atom. The van der Waals surface area contributed by atoms with E-state index < -0.39 is 0 Å². The Kier molecular flexibility index (Phi) is 4.95. The Morgan fingerprint density at radius 3 is 2.78 bits per heavy atom. The van der Waals surface area contributed by atoms with Crippen molar-refractivity contribution in [2.45, 2.75) is 20.3 Å². The molecule has 0 radical (unpaired) electrons. The molecular formula is C16H24N4O3. The Hall–Kier alpha value is -1.89. The topological polar surface area (TPSA) is 67.8 Å². The van der Waals surface area contributed by atoms with E-state index in [9.17, 15) is 4.79 Å². The van der Waals surface area contributed by atoms with Crippen LogP contribution in [-0.2, 0) is 9.53 Å². The van der Waals surface area contributed by atoms with E-state index in [1.165, 1.54) is 0 Å². The Bertz CT molecular complexity index is 552. The highest BCUT2D eigenvalue weighted by molar-refractivity contribution is 5.79. The number of hydrogen-bond donors (Lipinski definition) is 0. The first-order valence-electron chi connectivity index (χ1n) is 8.27. The first kappa shape index (κ1) is 16.0.